The third-order valence-electron chi connectivity index (χ3n) is 4.14. The summed E-state index contributed by atoms with van der Waals surface area (Å²) in [6.45, 7) is 2.50. The first-order valence-corrected chi connectivity index (χ1v) is 7.76. The van der Waals surface area contributed by atoms with E-state index in [4.69, 9.17) is 9.63 Å². The molecule has 1 heterocycles. The van der Waals surface area contributed by atoms with Crippen molar-refractivity contribution in [3.05, 3.63) is 17.5 Å². The van der Waals surface area contributed by atoms with Gasteiger partial charge in [-0.25, -0.2) is 4.79 Å². The predicted molar refractivity (Wildman–Crippen MR) is 79.3 cm³/mol. The molecule has 0 atom stereocenters. The summed E-state index contributed by atoms with van der Waals surface area (Å²) in [6.07, 6.45) is 7.86. The van der Waals surface area contributed by atoms with Crippen LogP contribution in [-0.4, -0.2) is 47.3 Å². The van der Waals surface area contributed by atoms with Gasteiger partial charge >= 0.3 is 5.97 Å². The minimum atomic E-state index is -1.06. The molecule has 1 aromatic rings. The second-order valence-electron chi connectivity index (χ2n) is 5.79. The summed E-state index contributed by atoms with van der Waals surface area (Å²) >= 11 is 0. The lowest BCUT2D eigenvalue weighted by atomic mass is 9.94. The molecular formula is C15H25N3O3. The van der Waals surface area contributed by atoms with E-state index in [-0.39, 0.29) is 5.69 Å². The Morgan fingerprint density at radius 2 is 2.24 bits per heavy atom. The van der Waals surface area contributed by atoms with Gasteiger partial charge in [-0.2, -0.15) is 0 Å². The molecule has 0 unspecified atom stereocenters. The van der Waals surface area contributed by atoms with Crippen LogP contribution in [0.25, 0.3) is 0 Å². The predicted octanol–water partition coefficient (Wildman–Crippen LogP) is 2.12. The zero-order valence-electron chi connectivity index (χ0n) is 12.7. The van der Waals surface area contributed by atoms with E-state index in [0.717, 1.165) is 25.6 Å². The third kappa shape index (κ3) is 5.13. The lowest BCUT2D eigenvalue weighted by Crippen LogP contribution is -2.35. The fourth-order valence-corrected chi connectivity index (χ4v) is 2.87. The summed E-state index contributed by atoms with van der Waals surface area (Å²) in [7, 11) is 2.21. The number of nitrogens with zero attached hydrogens (tertiary/aromatic N) is 2. The molecule has 21 heavy (non-hydrogen) atoms. The van der Waals surface area contributed by atoms with Crippen molar-refractivity contribution in [2.24, 2.45) is 0 Å². The number of aromatic carboxylic acids is 1. The van der Waals surface area contributed by atoms with Crippen molar-refractivity contribution in [2.45, 2.75) is 51.1 Å². The molecule has 2 rings (SSSR count). The second kappa shape index (κ2) is 8.14. The Morgan fingerprint density at radius 3 is 2.90 bits per heavy atom. The van der Waals surface area contributed by atoms with Crippen molar-refractivity contribution in [3.63, 3.8) is 0 Å². The highest BCUT2D eigenvalue weighted by molar-refractivity contribution is 5.85. The Hall–Kier alpha value is -1.40. The van der Waals surface area contributed by atoms with Crippen LogP contribution in [0.5, 0.6) is 0 Å². The molecule has 0 aromatic carbocycles. The topological polar surface area (TPSA) is 78.6 Å². The molecule has 0 spiro atoms. The minimum Gasteiger partial charge on any atom is -0.476 e. The first-order valence-electron chi connectivity index (χ1n) is 7.76. The Morgan fingerprint density at radius 1 is 1.48 bits per heavy atom. The summed E-state index contributed by atoms with van der Waals surface area (Å²) in [4.78, 5) is 13.1. The van der Waals surface area contributed by atoms with Crippen molar-refractivity contribution >= 4 is 5.97 Å². The van der Waals surface area contributed by atoms with E-state index in [1.54, 1.807) is 0 Å². The smallest absolute Gasteiger partial charge is 0.358 e. The SMILES string of the molecule is CN(CCCNCc1cc(C(=O)O)no1)C1CCCCC1. The molecule has 0 saturated heterocycles. The molecule has 1 aliphatic rings. The van der Waals surface area contributed by atoms with E-state index in [1.165, 1.54) is 38.2 Å². The average Bonchev–Trinajstić information content (AvgIpc) is 2.97. The normalized spacial score (nSPS) is 16.5. The molecule has 1 aromatic heterocycles. The number of rotatable bonds is 8. The summed E-state index contributed by atoms with van der Waals surface area (Å²) in [5.41, 5.74) is -0.0381. The fraction of sp³-hybridized carbons (Fsp3) is 0.733. The first kappa shape index (κ1) is 16.0. The van der Waals surface area contributed by atoms with Crippen LogP contribution in [0.2, 0.25) is 0 Å². The molecule has 1 fully saturated rings. The Labute approximate surface area is 125 Å². The second-order valence-corrected chi connectivity index (χ2v) is 5.79. The van der Waals surface area contributed by atoms with E-state index in [1.807, 2.05) is 0 Å². The molecule has 6 heteroatoms. The van der Waals surface area contributed by atoms with Gasteiger partial charge in [-0.15, -0.1) is 0 Å². The third-order valence-corrected chi connectivity index (χ3v) is 4.14. The average molecular weight is 295 g/mol. The highest BCUT2D eigenvalue weighted by atomic mass is 16.5. The highest BCUT2D eigenvalue weighted by Crippen LogP contribution is 2.21. The lowest BCUT2D eigenvalue weighted by Gasteiger charge is -2.31. The van der Waals surface area contributed by atoms with Crippen LogP contribution >= 0.6 is 0 Å². The monoisotopic (exact) mass is 295 g/mol. The molecule has 118 valence electrons. The van der Waals surface area contributed by atoms with Crippen LogP contribution in [0, 0.1) is 0 Å². The number of hydrogen-bond donors (Lipinski definition) is 2. The number of nitrogens with one attached hydrogen (secondary N) is 1. The Kier molecular flexibility index (Phi) is 6.20. The van der Waals surface area contributed by atoms with Gasteiger partial charge in [0, 0.05) is 12.1 Å². The molecule has 2 N–H and O–H groups in total. The largest absolute Gasteiger partial charge is 0.476 e. The lowest BCUT2D eigenvalue weighted by molar-refractivity contribution is 0.0685. The summed E-state index contributed by atoms with van der Waals surface area (Å²) in [6, 6.07) is 2.22. The molecule has 1 aliphatic carbocycles. The fourth-order valence-electron chi connectivity index (χ4n) is 2.87. The van der Waals surface area contributed by atoms with Crippen molar-refractivity contribution in [2.75, 3.05) is 20.1 Å². The molecule has 0 aliphatic heterocycles. The minimum absolute atomic E-state index is 0.0381. The van der Waals surface area contributed by atoms with Gasteiger partial charge in [0.25, 0.3) is 0 Å². The molecule has 0 bridgehead atoms. The highest BCUT2D eigenvalue weighted by Gasteiger charge is 2.17. The summed E-state index contributed by atoms with van der Waals surface area (Å²) in [5, 5.41) is 15.5. The van der Waals surface area contributed by atoms with Crippen LogP contribution < -0.4 is 5.32 Å². The van der Waals surface area contributed by atoms with Gasteiger partial charge < -0.3 is 19.8 Å². The first-order chi connectivity index (χ1) is 10.2. The Bertz CT molecular complexity index is 441. The number of aromatic nitrogens is 1. The maximum absolute atomic E-state index is 10.7. The van der Waals surface area contributed by atoms with Gasteiger partial charge in [-0.1, -0.05) is 24.4 Å². The number of carboxylic acid groups (broad SMARTS) is 1. The molecule has 6 nitrogen and oxygen atoms in total. The van der Waals surface area contributed by atoms with Crippen molar-refractivity contribution in [1.29, 1.82) is 0 Å². The number of carbonyl (C=O) groups is 1. The van der Waals surface area contributed by atoms with Crippen LogP contribution in [0.15, 0.2) is 10.6 Å². The maximum atomic E-state index is 10.7. The van der Waals surface area contributed by atoms with Gasteiger partial charge in [0.1, 0.15) is 0 Å². The molecular weight excluding hydrogens is 270 g/mol. The van der Waals surface area contributed by atoms with E-state index < -0.39 is 5.97 Å². The standard InChI is InChI=1S/C15H25N3O3/c1-18(12-6-3-2-4-7-12)9-5-8-16-11-13-10-14(15(19)20)17-21-13/h10,12,16H,2-9,11H2,1H3,(H,19,20). The Balaban J connectivity index is 1.57. The van der Waals surface area contributed by atoms with E-state index in [9.17, 15) is 4.79 Å². The number of hydrogen-bond acceptors (Lipinski definition) is 5. The van der Waals surface area contributed by atoms with Gasteiger partial charge in [0.2, 0.25) is 0 Å². The zero-order chi connectivity index (χ0) is 15.1. The van der Waals surface area contributed by atoms with Gasteiger partial charge in [0.05, 0.1) is 6.54 Å². The molecule has 1 saturated carbocycles. The van der Waals surface area contributed by atoms with Crippen LogP contribution in [-0.2, 0) is 6.54 Å². The van der Waals surface area contributed by atoms with E-state index >= 15 is 0 Å². The van der Waals surface area contributed by atoms with Crippen LogP contribution in [0.3, 0.4) is 0 Å². The van der Waals surface area contributed by atoms with Crippen molar-refractivity contribution < 1.29 is 14.4 Å². The van der Waals surface area contributed by atoms with Gasteiger partial charge in [0.15, 0.2) is 11.5 Å². The van der Waals surface area contributed by atoms with E-state index in [0.29, 0.717) is 12.3 Å². The van der Waals surface area contributed by atoms with Crippen molar-refractivity contribution in [3.8, 4) is 0 Å². The van der Waals surface area contributed by atoms with Gasteiger partial charge in [-0.3, -0.25) is 0 Å². The molecule has 0 radical (unpaired) electrons. The van der Waals surface area contributed by atoms with Crippen LogP contribution in [0.4, 0.5) is 0 Å². The number of carboxylic acids is 1. The van der Waals surface area contributed by atoms with Gasteiger partial charge in [-0.05, 0) is 39.4 Å². The summed E-state index contributed by atoms with van der Waals surface area (Å²) in [5.74, 6) is -0.493. The quantitative estimate of drug-likeness (QED) is 0.715. The zero-order valence-corrected chi connectivity index (χ0v) is 12.7. The van der Waals surface area contributed by atoms with Crippen molar-refractivity contribution in [1.82, 2.24) is 15.4 Å². The summed E-state index contributed by atoms with van der Waals surface area (Å²) < 4.78 is 4.95. The van der Waals surface area contributed by atoms with Crippen LogP contribution in [0.1, 0.15) is 54.8 Å². The molecule has 0 amide bonds. The van der Waals surface area contributed by atoms with E-state index in [2.05, 4.69) is 22.4 Å². The maximum Gasteiger partial charge on any atom is 0.358 e.